The summed E-state index contributed by atoms with van der Waals surface area (Å²) >= 11 is 0. The summed E-state index contributed by atoms with van der Waals surface area (Å²) in [5.41, 5.74) is 0. The Hall–Kier alpha value is -1.58. The molecule has 1 aliphatic heterocycles. The van der Waals surface area contributed by atoms with Crippen LogP contribution < -0.4 is 10.1 Å². The summed E-state index contributed by atoms with van der Waals surface area (Å²) in [5.74, 6) is 1.45. The first-order valence-corrected chi connectivity index (χ1v) is 8.26. The molecule has 0 radical (unpaired) electrons. The van der Waals surface area contributed by atoms with E-state index in [1.807, 2.05) is 0 Å². The summed E-state index contributed by atoms with van der Waals surface area (Å²) in [6, 6.07) is 14.6. The van der Waals surface area contributed by atoms with Gasteiger partial charge in [-0.05, 0) is 24.3 Å². The van der Waals surface area contributed by atoms with Crippen molar-refractivity contribution in [3.63, 3.8) is 0 Å². The molecular formula is C19H25NO2. The summed E-state index contributed by atoms with van der Waals surface area (Å²) in [7, 11) is 0. The predicted octanol–water partition coefficient (Wildman–Crippen LogP) is 3.62. The van der Waals surface area contributed by atoms with Gasteiger partial charge >= 0.3 is 0 Å². The molecule has 0 bridgehead atoms. The molecule has 3 heteroatoms. The molecule has 118 valence electrons. The summed E-state index contributed by atoms with van der Waals surface area (Å²) in [4.78, 5) is 0. The Bertz CT molecular complexity index is 588. The fraction of sp³-hybridized carbons (Fsp3) is 0.474. The average Bonchev–Trinajstić information content (AvgIpc) is 3.06. The van der Waals surface area contributed by atoms with E-state index in [2.05, 4.69) is 54.7 Å². The maximum absolute atomic E-state index is 6.03. The van der Waals surface area contributed by atoms with Crippen molar-refractivity contribution >= 4 is 10.8 Å². The highest BCUT2D eigenvalue weighted by Gasteiger charge is 2.15. The van der Waals surface area contributed by atoms with Crippen LogP contribution in [0, 0.1) is 5.92 Å². The van der Waals surface area contributed by atoms with Gasteiger partial charge in [0, 0.05) is 31.0 Å². The zero-order valence-corrected chi connectivity index (χ0v) is 13.3. The fourth-order valence-electron chi connectivity index (χ4n) is 2.91. The molecule has 3 rings (SSSR count). The number of ether oxygens (including phenoxy) is 2. The van der Waals surface area contributed by atoms with Gasteiger partial charge in [-0.1, -0.05) is 43.3 Å². The van der Waals surface area contributed by atoms with Crippen LogP contribution >= 0.6 is 0 Å². The van der Waals surface area contributed by atoms with Crippen LogP contribution in [0.2, 0.25) is 0 Å². The summed E-state index contributed by atoms with van der Waals surface area (Å²) < 4.78 is 11.7. The van der Waals surface area contributed by atoms with E-state index in [4.69, 9.17) is 9.47 Å². The molecule has 2 aromatic rings. The van der Waals surface area contributed by atoms with Gasteiger partial charge in [0.15, 0.2) is 0 Å². The lowest BCUT2D eigenvalue weighted by Crippen LogP contribution is -2.31. The predicted molar refractivity (Wildman–Crippen MR) is 90.5 cm³/mol. The van der Waals surface area contributed by atoms with Crippen molar-refractivity contribution < 1.29 is 9.47 Å². The van der Waals surface area contributed by atoms with Crippen LogP contribution in [0.25, 0.3) is 10.8 Å². The van der Waals surface area contributed by atoms with Gasteiger partial charge in [-0.2, -0.15) is 0 Å². The molecule has 1 heterocycles. The third kappa shape index (κ3) is 3.99. The zero-order chi connectivity index (χ0) is 15.2. The van der Waals surface area contributed by atoms with E-state index in [0.29, 0.717) is 12.0 Å². The third-order valence-electron chi connectivity index (χ3n) is 4.16. The Kier molecular flexibility index (Phi) is 5.30. The van der Waals surface area contributed by atoms with E-state index in [1.54, 1.807) is 0 Å². The molecular weight excluding hydrogens is 274 g/mol. The zero-order valence-electron chi connectivity index (χ0n) is 13.3. The van der Waals surface area contributed by atoms with Gasteiger partial charge in [0.25, 0.3) is 0 Å². The molecule has 0 aliphatic carbocycles. The van der Waals surface area contributed by atoms with Crippen molar-refractivity contribution in [1.82, 2.24) is 5.32 Å². The molecule has 0 saturated carbocycles. The SMILES string of the molecule is C[C@H](CNC[C@@H]1CCCO1)COc1cccc2ccccc12. The van der Waals surface area contributed by atoms with Gasteiger partial charge in [0.1, 0.15) is 5.75 Å². The van der Waals surface area contributed by atoms with Crippen LogP contribution in [0.1, 0.15) is 19.8 Å². The van der Waals surface area contributed by atoms with Crippen LogP contribution in [0.4, 0.5) is 0 Å². The molecule has 1 N–H and O–H groups in total. The van der Waals surface area contributed by atoms with Crippen molar-refractivity contribution in [2.75, 3.05) is 26.3 Å². The number of benzene rings is 2. The molecule has 0 spiro atoms. The van der Waals surface area contributed by atoms with E-state index in [1.165, 1.54) is 23.6 Å². The molecule has 2 atom stereocenters. The van der Waals surface area contributed by atoms with Crippen molar-refractivity contribution in [1.29, 1.82) is 0 Å². The summed E-state index contributed by atoms with van der Waals surface area (Å²) in [5, 5.41) is 5.91. The summed E-state index contributed by atoms with van der Waals surface area (Å²) in [6.45, 7) is 5.79. The first kappa shape index (κ1) is 15.3. The normalized spacial score (nSPS) is 19.4. The fourth-order valence-corrected chi connectivity index (χ4v) is 2.91. The first-order valence-electron chi connectivity index (χ1n) is 8.26. The van der Waals surface area contributed by atoms with E-state index >= 15 is 0 Å². The minimum absolute atomic E-state index is 0.409. The van der Waals surface area contributed by atoms with E-state index in [-0.39, 0.29) is 0 Å². The topological polar surface area (TPSA) is 30.5 Å². The highest BCUT2D eigenvalue weighted by molar-refractivity contribution is 5.88. The molecule has 1 fully saturated rings. The smallest absolute Gasteiger partial charge is 0.127 e. The number of hydrogen-bond donors (Lipinski definition) is 1. The Balaban J connectivity index is 1.46. The van der Waals surface area contributed by atoms with E-state index in [0.717, 1.165) is 32.1 Å². The van der Waals surface area contributed by atoms with Crippen LogP contribution in [-0.4, -0.2) is 32.4 Å². The van der Waals surface area contributed by atoms with Crippen molar-refractivity contribution in [2.24, 2.45) is 5.92 Å². The maximum atomic E-state index is 6.03. The lowest BCUT2D eigenvalue weighted by atomic mass is 10.1. The highest BCUT2D eigenvalue weighted by Crippen LogP contribution is 2.25. The van der Waals surface area contributed by atoms with E-state index < -0.39 is 0 Å². The lowest BCUT2D eigenvalue weighted by Gasteiger charge is -2.16. The molecule has 1 saturated heterocycles. The second kappa shape index (κ2) is 7.61. The number of rotatable bonds is 7. The van der Waals surface area contributed by atoms with Crippen LogP contribution in [0.5, 0.6) is 5.75 Å². The maximum Gasteiger partial charge on any atom is 0.127 e. The van der Waals surface area contributed by atoms with Crippen LogP contribution in [-0.2, 0) is 4.74 Å². The standard InChI is InChI=1S/C19H25NO2/c1-15(12-20-13-17-8-5-11-21-17)14-22-19-10-4-7-16-6-2-3-9-18(16)19/h2-4,6-7,9-10,15,17,20H,5,8,11-14H2,1H3/t15-,17+/m1/s1. The van der Waals surface area contributed by atoms with Crippen molar-refractivity contribution in [2.45, 2.75) is 25.9 Å². The van der Waals surface area contributed by atoms with E-state index in [9.17, 15) is 0 Å². The second-order valence-electron chi connectivity index (χ2n) is 6.19. The molecule has 0 aromatic heterocycles. The monoisotopic (exact) mass is 299 g/mol. The molecule has 0 unspecified atom stereocenters. The van der Waals surface area contributed by atoms with Crippen molar-refractivity contribution in [3.8, 4) is 5.75 Å². The van der Waals surface area contributed by atoms with Crippen LogP contribution in [0.3, 0.4) is 0 Å². The first-order chi connectivity index (χ1) is 10.8. The minimum Gasteiger partial charge on any atom is -0.493 e. The number of nitrogens with one attached hydrogen (secondary N) is 1. The Morgan fingerprint density at radius 2 is 2.09 bits per heavy atom. The van der Waals surface area contributed by atoms with Gasteiger partial charge in [-0.3, -0.25) is 0 Å². The molecule has 2 aromatic carbocycles. The Morgan fingerprint density at radius 3 is 2.95 bits per heavy atom. The Labute approximate surface area is 132 Å². The second-order valence-corrected chi connectivity index (χ2v) is 6.19. The van der Waals surface area contributed by atoms with Gasteiger partial charge in [0.05, 0.1) is 12.7 Å². The summed E-state index contributed by atoms with van der Waals surface area (Å²) in [6.07, 6.45) is 2.80. The van der Waals surface area contributed by atoms with Crippen LogP contribution in [0.15, 0.2) is 42.5 Å². The third-order valence-corrected chi connectivity index (χ3v) is 4.16. The van der Waals surface area contributed by atoms with Gasteiger partial charge in [-0.25, -0.2) is 0 Å². The van der Waals surface area contributed by atoms with Gasteiger partial charge in [0.2, 0.25) is 0 Å². The van der Waals surface area contributed by atoms with Crippen molar-refractivity contribution in [3.05, 3.63) is 42.5 Å². The average molecular weight is 299 g/mol. The highest BCUT2D eigenvalue weighted by atomic mass is 16.5. The molecule has 1 aliphatic rings. The molecule has 0 amide bonds. The number of hydrogen-bond acceptors (Lipinski definition) is 3. The minimum atomic E-state index is 0.409. The number of fused-ring (bicyclic) bond motifs is 1. The van der Waals surface area contributed by atoms with Gasteiger partial charge in [-0.15, -0.1) is 0 Å². The molecule has 3 nitrogen and oxygen atoms in total. The Morgan fingerprint density at radius 1 is 1.23 bits per heavy atom. The molecule has 22 heavy (non-hydrogen) atoms. The quantitative estimate of drug-likeness (QED) is 0.847. The van der Waals surface area contributed by atoms with Gasteiger partial charge < -0.3 is 14.8 Å². The largest absolute Gasteiger partial charge is 0.493 e. The lowest BCUT2D eigenvalue weighted by molar-refractivity contribution is 0.108.